The van der Waals surface area contributed by atoms with Crippen LogP contribution >= 0.6 is 0 Å². The summed E-state index contributed by atoms with van der Waals surface area (Å²) in [6, 6.07) is 16.7. The van der Waals surface area contributed by atoms with Gasteiger partial charge in [-0.15, -0.1) is 0 Å². The zero-order chi connectivity index (χ0) is 17.6. The van der Waals surface area contributed by atoms with Gasteiger partial charge in [-0.2, -0.15) is 0 Å². The number of ether oxygens (including phenoxy) is 1. The number of carbonyl (C=O) groups is 2. The molecule has 1 aliphatic heterocycles. The number of amides is 1. The Kier molecular flexibility index (Phi) is 5.23. The number of aliphatic imine (C=N–C) groups is 1. The molecule has 0 atom stereocenters. The van der Waals surface area contributed by atoms with E-state index in [1.165, 1.54) is 7.11 Å². The summed E-state index contributed by atoms with van der Waals surface area (Å²) in [5.74, 6) is -0.474. The van der Waals surface area contributed by atoms with Crippen molar-refractivity contribution in [3.63, 3.8) is 0 Å². The molecular formula is C20H20N2O3. The minimum Gasteiger partial charge on any atom is -0.465 e. The molecule has 1 heterocycles. The van der Waals surface area contributed by atoms with Gasteiger partial charge in [-0.05, 0) is 24.1 Å². The van der Waals surface area contributed by atoms with E-state index in [1.54, 1.807) is 24.3 Å². The number of rotatable bonds is 4. The Morgan fingerprint density at radius 3 is 2.52 bits per heavy atom. The van der Waals surface area contributed by atoms with Crippen LogP contribution in [-0.4, -0.2) is 42.7 Å². The van der Waals surface area contributed by atoms with Gasteiger partial charge < -0.3 is 9.64 Å². The van der Waals surface area contributed by atoms with E-state index in [2.05, 4.69) is 4.99 Å². The minimum atomic E-state index is -0.397. The zero-order valence-corrected chi connectivity index (χ0v) is 14.1. The molecule has 0 spiro atoms. The Labute approximate surface area is 146 Å². The van der Waals surface area contributed by atoms with Crippen LogP contribution in [0.15, 0.2) is 59.6 Å². The summed E-state index contributed by atoms with van der Waals surface area (Å²) in [6.07, 6.45) is 0.836. The second-order valence-electron chi connectivity index (χ2n) is 5.87. The first kappa shape index (κ1) is 16.9. The third-order valence-electron chi connectivity index (χ3n) is 4.14. The Balaban J connectivity index is 1.81. The Morgan fingerprint density at radius 2 is 1.84 bits per heavy atom. The van der Waals surface area contributed by atoms with Gasteiger partial charge in [0.1, 0.15) is 5.71 Å². The van der Waals surface area contributed by atoms with Crippen molar-refractivity contribution in [1.82, 2.24) is 4.90 Å². The van der Waals surface area contributed by atoms with Gasteiger partial charge in [-0.1, -0.05) is 42.5 Å². The van der Waals surface area contributed by atoms with Crippen LogP contribution in [0.3, 0.4) is 0 Å². The fraction of sp³-hybridized carbons (Fsp3) is 0.250. The van der Waals surface area contributed by atoms with Crippen molar-refractivity contribution < 1.29 is 14.3 Å². The summed E-state index contributed by atoms with van der Waals surface area (Å²) in [4.78, 5) is 30.8. The molecule has 0 saturated carbocycles. The van der Waals surface area contributed by atoms with Crippen molar-refractivity contribution in [3.8, 4) is 0 Å². The van der Waals surface area contributed by atoms with E-state index in [0.29, 0.717) is 30.9 Å². The van der Waals surface area contributed by atoms with Crippen molar-refractivity contribution in [2.75, 3.05) is 20.2 Å². The average Bonchev–Trinajstić information content (AvgIpc) is 2.84. The molecule has 5 nitrogen and oxygen atoms in total. The van der Waals surface area contributed by atoms with Crippen LogP contribution in [0.2, 0.25) is 0 Å². The lowest BCUT2D eigenvalue weighted by Gasteiger charge is -2.21. The largest absolute Gasteiger partial charge is 0.465 e. The number of benzene rings is 2. The van der Waals surface area contributed by atoms with Crippen LogP contribution in [0.25, 0.3) is 0 Å². The highest BCUT2D eigenvalue weighted by Gasteiger charge is 2.23. The summed E-state index contributed by atoms with van der Waals surface area (Å²) in [5.41, 5.74) is 2.72. The van der Waals surface area contributed by atoms with Crippen molar-refractivity contribution in [3.05, 3.63) is 71.3 Å². The lowest BCUT2D eigenvalue weighted by Crippen LogP contribution is -2.36. The van der Waals surface area contributed by atoms with Gasteiger partial charge in [0, 0.05) is 25.2 Å². The number of carbonyl (C=O) groups excluding carboxylic acids is 2. The topological polar surface area (TPSA) is 59.0 Å². The summed E-state index contributed by atoms with van der Waals surface area (Å²) in [5, 5.41) is 0. The molecule has 0 aromatic heterocycles. The monoisotopic (exact) mass is 336 g/mol. The second-order valence-corrected chi connectivity index (χ2v) is 5.87. The number of esters is 1. The van der Waals surface area contributed by atoms with Gasteiger partial charge >= 0.3 is 5.97 Å². The molecule has 2 aromatic carbocycles. The number of hydrogen-bond donors (Lipinski definition) is 0. The van der Waals surface area contributed by atoms with Gasteiger partial charge in [-0.3, -0.25) is 9.79 Å². The maximum absolute atomic E-state index is 12.9. The maximum atomic E-state index is 12.9. The SMILES string of the molecule is COC(=O)c1ccc(C2=NCCCN(Cc3ccccc3)C2=O)cc1. The van der Waals surface area contributed by atoms with Gasteiger partial charge in [-0.25, -0.2) is 4.79 Å². The van der Waals surface area contributed by atoms with Crippen LogP contribution in [-0.2, 0) is 16.1 Å². The third-order valence-corrected chi connectivity index (χ3v) is 4.14. The van der Waals surface area contributed by atoms with E-state index >= 15 is 0 Å². The van der Waals surface area contributed by atoms with Crippen LogP contribution in [0.4, 0.5) is 0 Å². The smallest absolute Gasteiger partial charge is 0.337 e. The maximum Gasteiger partial charge on any atom is 0.337 e. The van der Waals surface area contributed by atoms with Crippen LogP contribution in [0.1, 0.15) is 27.9 Å². The highest BCUT2D eigenvalue weighted by Crippen LogP contribution is 2.14. The van der Waals surface area contributed by atoms with Crippen LogP contribution in [0, 0.1) is 0 Å². The molecule has 128 valence electrons. The number of methoxy groups -OCH3 is 1. The van der Waals surface area contributed by atoms with Gasteiger partial charge in [0.05, 0.1) is 12.7 Å². The second kappa shape index (κ2) is 7.75. The minimum absolute atomic E-state index is 0.0767. The van der Waals surface area contributed by atoms with E-state index in [4.69, 9.17) is 4.74 Å². The highest BCUT2D eigenvalue weighted by molar-refractivity contribution is 6.45. The van der Waals surface area contributed by atoms with Crippen molar-refractivity contribution in [1.29, 1.82) is 0 Å². The van der Waals surface area contributed by atoms with E-state index in [-0.39, 0.29) is 5.91 Å². The fourth-order valence-corrected chi connectivity index (χ4v) is 2.82. The van der Waals surface area contributed by atoms with Gasteiger partial charge in [0.15, 0.2) is 0 Å². The van der Waals surface area contributed by atoms with Crippen molar-refractivity contribution >= 4 is 17.6 Å². The average molecular weight is 336 g/mol. The summed E-state index contributed by atoms with van der Waals surface area (Å²) in [7, 11) is 1.34. The quantitative estimate of drug-likeness (QED) is 0.807. The van der Waals surface area contributed by atoms with Gasteiger partial charge in [0.25, 0.3) is 5.91 Å². The van der Waals surface area contributed by atoms with Crippen LogP contribution < -0.4 is 0 Å². The first-order valence-electron chi connectivity index (χ1n) is 8.25. The summed E-state index contributed by atoms with van der Waals surface area (Å²) < 4.78 is 4.70. The van der Waals surface area contributed by atoms with E-state index < -0.39 is 5.97 Å². The molecule has 2 aromatic rings. The van der Waals surface area contributed by atoms with Crippen LogP contribution in [0.5, 0.6) is 0 Å². The molecule has 1 aliphatic rings. The van der Waals surface area contributed by atoms with E-state index in [1.807, 2.05) is 35.2 Å². The van der Waals surface area contributed by atoms with E-state index in [9.17, 15) is 9.59 Å². The summed E-state index contributed by atoms with van der Waals surface area (Å²) >= 11 is 0. The molecule has 0 N–H and O–H groups in total. The molecule has 3 rings (SSSR count). The zero-order valence-electron chi connectivity index (χ0n) is 14.1. The molecule has 0 fully saturated rings. The molecule has 5 heteroatoms. The first-order chi connectivity index (χ1) is 12.2. The Morgan fingerprint density at radius 1 is 1.12 bits per heavy atom. The van der Waals surface area contributed by atoms with Crippen molar-refractivity contribution in [2.45, 2.75) is 13.0 Å². The number of nitrogens with zero attached hydrogens (tertiary/aromatic N) is 2. The molecule has 0 saturated heterocycles. The Hall–Kier alpha value is -2.95. The third kappa shape index (κ3) is 3.94. The lowest BCUT2D eigenvalue weighted by molar-refractivity contribution is -0.124. The van der Waals surface area contributed by atoms with Crippen molar-refractivity contribution in [2.24, 2.45) is 4.99 Å². The fourth-order valence-electron chi connectivity index (χ4n) is 2.82. The predicted octanol–water partition coefficient (Wildman–Crippen LogP) is 2.69. The Bertz CT molecular complexity index is 782. The molecule has 1 amide bonds. The molecule has 0 aliphatic carbocycles. The lowest BCUT2D eigenvalue weighted by atomic mass is 10.1. The molecule has 25 heavy (non-hydrogen) atoms. The molecule has 0 unspecified atom stereocenters. The van der Waals surface area contributed by atoms with E-state index in [0.717, 1.165) is 17.5 Å². The molecule has 0 bridgehead atoms. The van der Waals surface area contributed by atoms with Gasteiger partial charge in [0.2, 0.25) is 0 Å². The molecular weight excluding hydrogens is 316 g/mol. The predicted molar refractivity (Wildman–Crippen MR) is 95.7 cm³/mol. The highest BCUT2D eigenvalue weighted by atomic mass is 16.5. The number of hydrogen-bond acceptors (Lipinski definition) is 4. The molecule has 0 radical (unpaired) electrons. The summed E-state index contributed by atoms with van der Waals surface area (Å²) in [6.45, 7) is 1.87. The standard InChI is InChI=1S/C20H20N2O3/c1-25-20(24)17-10-8-16(9-11-17)18-19(23)22(13-5-12-21-18)14-15-6-3-2-4-7-15/h2-4,6-11H,5,12-14H2,1H3. The first-order valence-corrected chi connectivity index (χ1v) is 8.25. The normalized spacial score (nSPS) is 14.7.